The Morgan fingerprint density at radius 2 is 1.88 bits per heavy atom. The molecule has 0 saturated carbocycles. The van der Waals surface area contributed by atoms with E-state index in [4.69, 9.17) is 9.47 Å². The molecule has 0 fully saturated rings. The number of allylic oxidation sites excluding steroid dienone is 1. The number of nitrogens with zero attached hydrogens (tertiary/aromatic N) is 1. The van der Waals surface area contributed by atoms with E-state index < -0.39 is 5.97 Å². The number of carbonyl (C=O) groups excluding carboxylic acids is 2. The SMILES string of the molecule is CCCCN1C(=O)/C(=C\c2ccc(OC)cc2)C(C(=O)OC)=C1C. The third kappa shape index (κ3) is 3.50. The topological polar surface area (TPSA) is 55.8 Å². The number of benzene rings is 1. The summed E-state index contributed by atoms with van der Waals surface area (Å²) in [6, 6.07) is 7.32. The number of unbranched alkanes of at least 4 members (excludes halogenated alkanes) is 1. The summed E-state index contributed by atoms with van der Waals surface area (Å²) in [4.78, 5) is 26.6. The molecule has 0 N–H and O–H groups in total. The zero-order valence-corrected chi connectivity index (χ0v) is 14.6. The van der Waals surface area contributed by atoms with Crippen LogP contribution in [0.15, 0.2) is 41.1 Å². The van der Waals surface area contributed by atoms with Crippen molar-refractivity contribution in [1.82, 2.24) is 4.90 Å². The zero-order valence-electron chi connectivity index (χ0n) is 14.6. The maximum atomic E-state index is 12.8. The van der Waals surface area contributed by atoms with Crippen molar-refractivity contribution in [3.63, 3.8) is 0 Å². The van der Waals surface area contributed by atoms with Gasteiger partial charge in [-0.2, -0.15) is 0 Å². The van der Waals surface area contributed by atoms with Crippen molar-refractivity contribution in [1.29, 1.82) is 0 Å². The van der Waals surface area contributed by atoms with Gasteiger partial charge in [0, 0.05) is 12.2 Å². The first kappa shape index (κ1) is 17.8. The molecule has 1 aromatic carbocycles. The summed E-state index contributed by atoms with van der Waals surface area (Å²) in [7, 11) is 2.92. The lowest BCUT2D eigenvalue weighted by Crippen LogP contribution is -2.26. The molecule has 5 nitrogen and oxygen atoms in total. The average Bonchev–Trinajstić information content (AvgIpc) is 2.83. The number of methoxy groups -OCH3 is 2. The Bertz CT molecular complexity index is 686. The van der Waals surface area contributed by atoms with Crippen LogP contribution in [0.2, 0.25) is 0 Å². The van der Waals surface area contributed by atoms with Crippen molar-refractivity contribution >= 4 is 18.0 Å². The predicted molar refractivity (Wildman–Crippen MR) is 92.3 cm³/mol. The number of rotatable bonds is 6. The van der Waals surface area contributed by atoms with E-state index in [-0.39, 0.29) is 5.91 Å². The molecular weight excluding hydrogens is 306 g/mol. The van der Waals surface area contributed by atoms with E-state index in [1.165, 1.54) is 7.11 Å². The van der Waals surface area contributed by atoms with Crippen molar-refractivity contribution < 1.29 is 19.1 Å². The van der Waals surface area contributed by atoms with Gasteiger partial charge in [0.05, 0.1) is 25.4 Å². The van der Waals surface area contributed by atoms with Gasteiger partial charge in [-0.1, -0.05) is 25.5 Å². The van der Waals surface area contributed by atoms with E-state index in [1.54, 1.807) is 25.0 Å². The van der Waals surface area contributed by atoms with E-state index in [2.05, 4.69) is 6.92 Å². The fourth-order valence-electron chi connectivity index (χ4n) is 2.68. The number of carbonyl (C=O) groups is 2. The van der Waals surface area contributed by atoms with Gasteiger partial charge in [0.1, 0.15) is 5.75 Å². The van der Waals surface area contributed by atoms with Crippen molar-refractivity contribution in [2.75, 3.05) is 20.8 Å². The summed E-state index contributed by atoms with van der Waals surface area (Å²) >= 11 is 0. The van der Waals surface area contributed by atoms with Gasteiger partial charge in [0.15, 0.2) is 0 Å². The van der Waals surface area contributed by atoms with Crippen LogP contribution in [0.3, 0.4) is 0 Å². The van der Waals surface area contributed by atoms with E-state index in [9.17, 15) is 9.59 Å². The number of esters is 1. The highest BCUT2D eigenvalue weighted by atomic mass is 16.5. The standard InChI is InChI=1S/C19H23NO4/c1-5-6-11-20-13(2)17(19(22)24-4)16(18(20)21)12-14-7-9-15(23-3)10-8-14/h7-10,12H,5-6,11H2,1-4H3/b16-12-. The minimum atomic E-state index is -0.486. The van der Waals surface area contributed by atoms with E-state index in [0.717, 1.165) is 24.2 Å². The van der Waals surface area contributed by atoms with Gasteiger partial charge in [0.25, 0.3) is 5.91 Å². The third-order valence-electron chi connectivity index (χ3n) is 4.06. The second-order valence-electron chi connectivity index (χ2n) is 5.59. The summed E-state index contributed by atoms with van der Waals surface area (Å²) in [5, 5.41) is 0. The Hall–Kier alpha value is -2.56. The van der Waals surface area contributed by atoms with Gasteiger partial charge < -0.3 is 14.4 Å². The molecule has 5 heteroatoms. The fourth-order valence-corrected chi connectivity index (χ4v) is 2.68. The fraction of sp³-hybridized carbons (Fsp3) is 0.368. The van der Waals surface area contributed by atoms with Gasteiger partial charge in [-0.15, -0.1) is 0 Å². The van der Waals surface area contributed by atoms with Crippen LogP contribution < -0.4 is 4.74 Å². The van der Waals surface area contributed by atoms with Crippen LogP contribution in [0.1, 0.15) is 32.3 Å². The second kappa shape index (κ2) is 7.81. The van der Waals surface area contributed by atoms with Crippen LogP contribution in [0.25, 0.3) is 6.08 Å². The number of hydrogen-bond acceptors (Lipinski definition) is 4. The largest absolute Gasteiger partial charge is 0.497 e. The summed E-state index contributed by atoms with van der Waals surface area (Å²) in [6.07, 6.45) is 3.58. The van der Waals surface area contributed by atoms with Crippen molar-refractivity contribution in [2.45, 2.75) is 26.7 Å². The average molecular weight is 329 g/mol. The number of ether oxygens (including phenoxy) is 2. The summed E-state index contributed by atoms with van der Waals surface area (Å²) in [6.45, 7) is 4.45. The molecule has 0 spiro atoms. The first-order chi connectivity index (χ1) is 11.5. The third-order valence-corrected chi connectivity index (χ3v) is 4.06. The minimum Gasteiger partial charge on any atom is -0.497 e. The van der Waals surface area contributed by atoms with Gasteiger partial charge in [-0.05, 0) is 37.1 Å². The Balaban J connectivity index is 2.43. The van der Waals surface area contributed by atoms with Gasteiger partial charge in [0.2, 0.25) is 0 Å². The lowest BCUT2D eigenvalue weighted by atomic mass is 10.0. The van der Waals surface area contributed by atoms with Gasteiger partial charge in [-0.3, -0.25) is 4.79 Å². The Kier molecular flexibility index (Phi) is 5.79. The van der Waals surface area contributed by atoms with Crippen LogP contribution in [-0.4, -0.2) is 37.5 Å². The van der Waals surface area contributed by atoms with Crippen molar-refractivity contribution in [2.24, 2.45) is 0 Å². The zero-order chi connectivity index (χ0) is 17.7. The van der Waals surface area contributed by atoms with Crippen LogP contribution >= 0.6 is 0 Å². The van der Waals surface area contributed by atoms with Crippen molar-refractivity contribution in [3.8, 4) is 5.75 Å². The Labute approximate surface area is 142 Å². The smallest absolute Gasteiger partial charge is 0.340 e. The molecule has 0 radical (unpaired) electrons. The summed E-state index contributed by atoms with van der Waals surface area (Å²) in [5.41, 5.74) is 2.20. The van der Waals surface area contributed by atoms with E-state index in [0.29, 0.717) is 23.4 Å². The Morgan fingerprint density at radius 1 is 1.21 bits per heavy atom. The van der Waals surface area contributed by atoms with Crippen LogP contribution in [0.4, 0.5) is 0 Å². The highest BCUT2D eigenvalue weighted by Gasteiger charge is 2.36. The first-order valence-electron chi connectivity index (χ1n) is 8.00. The van der Waals surface area contributed by atoms with Crippen molar-refractivity contribution in [3.05, 3.63) is 46.7 Å². The maximum absolute atomic E-state index is 12.8. The molecule has 128 valence electrons. The molecule has 0 atom stereocenters. The van der Waals surface area contributed by atoms with E-state index in [1.807, 2.05) is 24.3 Å². The van der Waals surface area contributed by atoms with Gasteiger partial charge >= 0.3 is 5.97 Å². The molecule has 1 heterocycles. The molecular formula is C19H23NO4. The molecule has 1 amide bonds. The predicted octanol–water partition coefficient (Wildman–Crippen LogP) is 3.17. The molecule has 0 saturated heterocycles. The molecule has 0 unspecified atom stereocenters. The lowest BCUT2D eigenvalue weighted by Gasteiger charge is -2.17. The Morgan fingerprint density at radius 3 is 2.42 bits per heavy atom. The number of hydrogen-bond donors (Lipinski definition) is 0. The molecule has 1 aliphatic rings. The highest BCUT2D eigenvalue weighted by molar-refractivity contribution is 6.16. The minimum absolute atomic E-state index is 0.155. The molecule has 2 rings (SSSR count). The lowest BCUT2D eigenvalue weighted by molar-refractivity contribution is -0.136. The maximum Gasteiger partial charge on any atom is 0.340 e. The molecule has 24 heavy (non-hydrogen) atoms. The normalized spacial score (nSPS) is 16.1. The van der Waals surface area contributed by atoms with Crippen LogP contribution in [0.5, 0.6) is 5.75 Å². The number of amides is 1. The molecule has 1 aliphatic heterocycles. The molecule has 0 aromatic heterocycles. The first-order valence-corrected chi connectivity index (χ1v) is 8.00. The highest BCUT2D eigenvalue weighted by Crippen LogP contribution is 2.32. The van der Waals surface area contributed by atoms with Gasteiger partial charge in [-0.25, -0.2) is 4.79 Å². The second-order valence-corrected chi connectivity index (χ2v) is 5.59. The summed E-state index contributed by atoms with van der Waals surface area (Å²) < 4.78 is 10.0. The van der Waals surface area contributed by atoms with E-state index >= 15 is 0 Å². The van der Waals surface area contributed by atoms with Crippen LogP contribution in [0, 0.1) is 0 Å². The summed E-state index contributed by atoms with van der Waals surface area (Å²) in [5.74, 6) is 0.0937. The molecule has 0 bridgehead atoms. The molecule has 1 aromatic rings. The molecule has 0 aliphatic carbocycles. The van der Waals surface area contributed by atoms with Crippen LogP contribution in [-0.2, 0) is 14.3 Å². The quantitative estimate of drug-likeness (QED) is 0.594. The monoisotopic (exact) mass is 329 g/mol.